The molecule has 240 valence electrons. The summed E-state index contributed by atoms with van der Waals surface area (Å²) in [5, 5.41) is 16.3. The van der Waals surface area contributed by atoms with E-state index in [2.05, 4.69) is 30.9 Å². The molecular weight excluding hydrogens is 568 g/mol. The van der Waals surface area contributed by atoms with Gasteiger partial charge in [0.05, 0.1) is 33.8 Å². The number of carboxylic acids is 2. The highest BCUT2D eigenvalue weighted by atomic mass is 16.5. The van der Waals surface area contributed by atoms with E-state index in [-0.39, 0.29) is 18.7 Å². The molecule has 11 nitrogen and oxygen atoms in total. The van der Waals surface area contributed by atoms with Gasteiger partial charge in [0.15, 0.2) is 11.5 Å². The molecule has 1 aliphatic carbocycles. The maximum absolute atomic E-state index is 12.9. The molecule has 4 rings (SSSR count). The second-order valence-corrected chi connectivity index (χ2v) is 11.1. The monoisotopic (exact) mass is 613 g/mol. The van der Waals surface area contributed by atoms with Crippen LogP contribution in [-0.2, 0) is 38.1 Å². The number of aliphatic carboxylic acids is 2. The van der Waals surface area contributed by atoms with Crippen molar-refractivity contribution in [1.82, 2.24) is 9.80 Å². The number of carbonyl (C=O) groups excluding carboxylic acids is 2. The molecule has 1 atom stereocenters. The summed E-state index contributed by atoms with van der Waals surface area (Å²) in [6.07, 6.45) is 4.24. The highest BCUT2D eigenvalue weighted by Gasteiger charge is 2.31. The van der Waals surface area contributed by atoms with Gasteiger partial charge in [-0.3, -0.25) is 14.4 Å². The molecule has 1 heterocycles. The van der Waals surface area contributed by atoms with Gasteiger partial charge in [0.1, 0.15) is 0 Å². The van der Waals surface area contributed by atoms with Crippen LogP contribution < -0.4 is 14.2 Å². The summed E-state index contributed by atoms with van der Waals surface area (Å²) in [5.41, 5.74) is 4.83. The first-order valence-corrected chi connectivity index (χ1v) is 14.9. The molecule has 0 saturated heterocycles. The summed E-state index contributed by atoms with van der Waals surface area (Å²) >= 11 is 0. The zero-order chi connectivity index (χ0) is 32.2. The van der Waals surface area contributed by atoms with E-state index in [1.165, 1.54) is 11.1 Å². The maximum Gasteiger partial charge on any atom is 0.393 e. The number of hydrogen-bond donors (Lipinski definition) is 2. The third kappa shape index (κ3) is 9.44. The zero-order valence-electron chi connectivity index (χ0n) is 26.2. The number of benzene rings is 2. The SMILES string of the molecule is C=[O+]c1cc2c(cc1OC)C[C@@H]2CN(C)CCCN1CCc2cc(OC)c(OC)cc2CC1=O.O=C(O)CCCCC(=O)O. The molecule has 0 bridgehead atoms. The quantitative estimate of drug-likeness (QED) is 0.225. The second kappa shape index (κ2) is 16.7. The van der Waals surface area contributed by atoms with E-state index in [4.69, 9.17) is 28.8 Å². The van der Waals surface area contributed by atoms with Crippen molar-refractivity contribution in [3.63, 3.8) is 0 Å². The summed E-state index contributed by atoms with van der Waals surface area (Å²) in [6.45, 7) is 6.96. The van der Waals surface area contributed by atoms with Crippen LogP contribution in [0, 0.1) is 0 Å². The average Bonchev–Trinajstić information content (AvgIpc) is 3.14. The van der Waals surface area contributed by atoms with E-state index in [0.29, 0.717) is 42.4 Å². The first-order chi connectivity index (χ1) is 21.1. The Morgan fingerprint density at radius 3 is 2.09 bits per heavy atom. The van der Waals surface area contributed by atoms with Gasteiger partial charge in [0.2, 0.25) is 11.7 Å². The van der Waals surface area contributed by atoms with Crippen LogP contribution in [0.15, 0.2) is 24.3 Å². The summed E-state index contributed by atoms with van der Waals surface area (Å²) in [6, 6.07) is 8.07. The van der Waals surface area contributed by atoms with Crippen molar-refractivity contribution in [1.29, 1.82) is 0 Å². The molecule has 11 heteroatoms. The number of carboxylic acid groups (broad SMARTS) is 2. The number of nitrogens with zero attached hydrogens (tertiary/aromatic N) is 2. The van der Waals surface area contributed by atoms with Crippen LogP contribution in [-0.4, -0.2) is 99.2 Å². The number of amides is 1. The van der Waals surface area contributed by atoms with Crippen molar-refractivity contribution < 1.29 is 43.2 Å². The first kappa shape index (κ1) is 34.4. The third-order valence-corrected chi connectivity index (χ3v) is 8.07. The number of methoxy groups -OCH3 is 3. The van der Waals surface area contributed by atoms with Crippen LogP contribution in [0.5, 0.6) is 23.0 Å². The lowest BCUT2D eigenvalue weighted by molar-refractivity contribution is -0.356. The van der Waals surface area contributed by atoms with Gasteiger partial charge in [0, 0.05) is 38.4 Å². The fourth-order valence-electron chi connectivity index (χ4n) is 5.66. The van der Waals surface area contributed by atoms with E-state index in [1.807, 2.05) is 17.0 Å². The van der Waals surface area contributed by atoms with Gasteiger partial charge < -0.3 is 34.2 Å². The Morgan fingerprint density at radius 1 is 0.932 bits per heavy atom. The zero-order valence-corrected chi connectivity index (χ0v) is 26.2. The third-order valence-electron chi connectivity index (χ3n) is 8.07. The standard InChI is InChI=1S/C27H35N2O5.C6H10O4/c1-28(17-21-11-20-14-25(33-4)26(34-5)16-22(20)21)8-6-9-29-10-7-18-12-23(31-2)24(32-3)13-19(18)15-27(29)30;7-5(8)3-1-2-4-6(9)10/h12-14,16,21H,5-11,15,17H2,1-4H3;1-4H2,(H,7,8)(H,9,10)/q+1;/t21-;/m1./s1. The van der Waals surface area contributed by atoms with Crippen molar-refractivity contribution >= 4 is 24.6 Å². The van der Waals surface area contributed by atoms with Crippen LogP contribution in [0.4, 0.5) is 0 Å². The van der Waals surface area contributed by atoms with Gasteiger partial charge in [-0.25, -0.2) is 4.42 Å². The topological polar surface area (TPSA) is 137 Å². The van der Waals surface area contributed by atoms with Crippen LogP contribution in [0.2, 0.25) is 0 Å². The predicted molar refractivity (Wildman–Crippen MR) is 165 cm³/mol. The minimum Gasteiger partial charge on any atom is -0.493 e. The van der Waals surface area contributed by atoms with Crippen molar-refractivity contribution in [3.8, 4) is 23.0 Å². The summed E-state index contributed by atoms with van der Waals surface area (Å²) in [7, 11) is 7.06. The molecule has 0 spiro atoms. The smallest absolute Gasteiger partial charge is 0.393 e. The number of rotatable bonds is 15. The molecule has 0 fully saturated rings. The van der Waals surface area contributed by atoms with E-state index < -0.39 is 11.9 Å². The summed E-state index contributed by atoms with van der Waals surface area (Å²) in [5.74, 6) is 1.74. The van der Waals surface area contributed by atoms with Crippen molar-refractivity contribution in [2.45, 2.75) is 57.3 Å². The van der Waals surface area contributed by atoms with Crippen LogP contribution in [0.1, 0.15) is 60.3 Å². The number of ether oxygens (including phenoxy) is 3. The van der Waals surface area contributed by atoms with Crippen molar-refractivity contribution in [2.24, 2.45) is 0 Å². The predicted octanol–water partition coefficient (Wildman–Crippen LogP) is 4.10. The van der Waals surface area contributed by atoms with E-state index in [9.17, 15) is 14.4 Å². The molecule has 2 aliphatic rings. The lowest BCUT2D eigenvalue weighted by Crippen LogP contribution is -2.36. The molecule has 0 saturated carbocycles. The summed E-state index contributed by atoms with van der Waals surface area (Å²) in [4.78, 5) is 37.0. The molecule has 0 radical (unpaired) electrons. The van der Waals surface area contributed by atoms with E-state index in [0.717, 1.165) is 62.3 Å². The second-order valence-electron chi connectivity index (χ2n) is 11.1. The van der Waals surface area contributed by atoms with Crippen LogP contribution >= 0.6 is 0 Å². The Kier molecular flexibility index (Phi) is 13.0. The molecular formula is C33H45N2O9+. The van der Waals surface area contributed by atoms with Crippen LogP contribution in [0.25, 0.3) is 0 Å². The van der Waals surface area contributed by atoms with Gasteiger partial charge in [-0.1, -0.05) is 0 Å². The van der Waals surface area contributed by atoms with Crippen LogP contribution in [0.3, 0.4) is 0 Å². The highest BCUT2D eigenvalue weighted by Crippen LogP contribution is 2.42. The van der Waals surface area contributed by atoms with Gasteiger partial charge >= 0.3 is 17.7 Å². The molecule has 0 aromatic heterocycles. The number of unbranched alkanes of at least 4 members (excludes halogenated alkanes) is 1. The fraction of sp³-hybridized carbons (Fsp3) is 0.515. The Hall–Kier alpha value is -4.12. The maximum atomic E-state index is 12.9. The largest absolute Gasteiger partial charge is 0.493 e. The van der Waals surface area contributed by atoms with Gasteiger partial charge in [-0.05, 0) is 86.1 Å². The number of likely N-dealkylation sites (N-methyl/N-ethyl adjacent to an activating group) is 1. The van der Waals surface area contributed by atoms with Gasteiger partial charge in [-0.15, -0.1) is 0 Å². The van der Waals surface area contributed by atoms with E-state index >= 15 is 0 Å². The molecule has 2 N–H and O–H groups in total. The lowest BCUT2D eigenvalue weighted by atomic mass is 9.77. The molecule has 0 unspecified atom stereocenters. The van der Waals surface area contributed by atoms with E-state index in [1.54, 1.807) is 21.3 Å². The minimum atomic E-state index is -0.870. The highest BCUT2D eigenvalue weighted by molar-refractivity contribution is 5.80. The summed E-state index contributed by atoms with van der Waals surface area (Å²) < 4.78 is 21.4. The molecule has 1 aliphatic heterocycles. The Labute approximate surface area is 259 Å². The average molecular weight is 614 g/mol. The minimum absolute atomic E-state index is 0.0628. The Bertz CT molecular complexity index is 1310. The number of hydrogen-bond acceptors (Lipinski definition) is 7. The number of fused-ring (bicyclic) bond motifs is 2. The first-order valence-electron chi connectivity index (χ1n) is 14.9. The molecule has 2 aromatic rings. The molecule has 44 heavy (non-hydrogen) atoms. The van der Waals surface area contributed by atoms with Gasteiger partial charge in [-0.2, -0.15) is 0 Å². The lowest BCUT2D eigenvalue weighted by Gasteiger charge is -2.33. The number of carbonyl (C=O) groups is 3. The fourth-order valence-corrected chi connectivity index (χ4v) is 5.66. The Morgan fingerprint density at radius 2 is 1.52 bits per heavy atom. The Balaban J connectivity index is 0.000000456. The molecule has 2 aromatic carbocycles. The molecule has 1 amide bonds. The van der Waals surface area contributed by atoms with Gasteiger partial charge in [0.25, 0.3) is 6.79 Å². The van der Waals surface area contributed by atoms with Crippen molar-refractivity contribution in [3.05, 3.63) is 46.5 Å². The van der Waals surface area contributed by atoms with Crippen molar-refractivity contribution in [2.75, 3.05) is 54.6 Å². The normalized spacial score (nSPS) is 15.2.